The van der Waals surface area contributed by atoms with E-state index in [1.54, 1.807) is 12.1 Å². The van der Waals surface area contributed by atoms with E-state index < -0.39 is 11.9 Å². The van der Waals surface area contributed by atoms with Crippen LogP contribution in [-0.4, -0.2) is 61.7 Å². The summed E-state index contributed by atoms with van der Waals surface area (Å²) < 4.78 is 6.00. The first kappa shape index (κ1) is 27.2. The number of piperidine rings is 1. The van der Waals surface area contributed by atoms with Gasteiger partial charge in [-0.05, 0) is 74.8 Å². The Kier molecular flexibility index (Phi) is 9.02. The van der Waals surface area contributed by atoms with Crippen LogP contribution < -0.4 is 15.0 Å². The minimum atomic E-state index is -1.10. The second kappa shape index (κ2) is 12.6. The van der Waals surface area contributed by atoms with Crippen LogP contribution >= 0.6 is 0 Å². The van der Waals surface area contributed by atoms with Gasteiger partial charge in [0, 0.05) is 24.8 Å². The van der Waals surface area contributed by atoms with Crippen LogP contribution in [0.25, 0.3) is 11.1 Å². The van der Waals surface area contributed by atoms with E-state index in [2.05, 4.69) is 36.1 Å². The van der Waals surface area contributed by atoms with Crippen molar-refractivity contribution in [3.63, 3.8) is 0 Å². The van der Waals surface area contributed by atoms with Crippen molar-refractivity contribution in [3.05, 3.63) is 77.9 Å². The van der Waals surface area contributed by atoms with Crippen molar-refractivity contribution >= 4 is 23.3 Å². The number of carboxylic acid groups (broad SMARTS) is 1. The number of benzene rings is 3. The summed E-state index contributed by atoms with van der Waals surface area (Å²) in [6.45, 7) is 4.41. The van der Waals surface area contributed by atoms with Crippen LogP contribution in [0.5, 0.6) is 5.75 Å². The molecule has 0 atom stereocenters. The van der Waals surface area contributed by atoms with Gasteiger partial charge in [-0.3, -0.25) is 4.79 Å². The fourth-order valence-corrected chi connectivity index (χ4v) is 4.82. The number of nitrogens with one attached hydrogen (secondary N) is 1. The third kappa shape index (κ3) is 6.53. The van der Waals surface area contributed by atoms with E-state index in [0.717, 1.165) is 55.6 Å². The van der Waals surface area contributed by atoms with Gasteiger partial charge in [-0.1, -0.05) is 49.7 Å². The summed E-state index contributed by atoms with van der Waals surface area (Å²) in [5.74, 6) is -0.995. The molecule has 1 amide bonds. The zero-order valence-electron chi connectivity index (χ0n) is 22.4. The van der Waals surface area contributed by atoms with Gasteiger partial charge in [0.05, 0.1) is 23.4 Å². The largest absolute Gasteiger partial charge is 0.493 e. The third-order valence-electron chi connectivity index (χ3n) is 7.13. The molecule has 1 fully saturated rings. The van der Waals surface area contributed by atoms with Gasteiger partial charge in [-0.2, -0.15) is 0 Å². The molecular weight excluding hydrogens is 478 g/mol. The molecule has 0 saturated carbocycles. The predicted molar refractivity (Wildman–Crippen MR) is 153 cm³/mol. The summed E-state index contributed by atoms with van der Waals surface area (Å²) in [5.41, 5.74) is 3.41. The lowest BCUT2D eigenvalue weighted by atomic mass is 10.0. The van der Waals surface area contributed by atoms with Crippen LogP contribution in [0.1, 0.15) is 53.3 Å². The van der Waals surface area contributed by atoms with E-state index in [-0.39, 0.29) is 11.3 Å². The van der Waals surface area contributed by atoms with E-state index in [1.165, 1.54) is 6.07 Å². The van der Waals surface area contributed by atoms with Crippen LogP contribution in [-0.2, 0) is 0 Å². The average molecular weight is 516 g/mol. The number of hydrogen-bond acceptors (Lipinski definition) is 5. The fraction of sp³-hybridized carbons (Fsp3) is 0.355. The maximum atomic E-state index is 13.7. The van der Waals surface area contributed by atoms with E-state index in [0.29, 0.717) is 24.0 Å². The summed E-state index contributed by atoms with van der Waals surface area (Å²) in [6.07, 6.45) is 3.97. The predicted octanol–water partition coefficient (Wildman–Crippen LogP) is 6.01. The highest BCUT2D eigenvalue weighted by Gasteiger charge is 2.23. The number of unbranched alkanes of at least 4 members (excludes halogenated alkanes) is 1. The highest BCUT2D eigenvalue weighted by atomic mass is 16.5. The van der Waals surface area contributed by atoms with Gasteiger partial charge in [0.1, 0.15) is 5.75 Å². The smallest absolute Gasteiger partial charge is 0.337 e. The van der Waals surface area contributed by atoms with E-state index in [4.69, 9.17) is 4.74 Å². The molecule has 1 heterocycles. The molecule has 0 aromatic heterocycles. The molecule has 7 heteroatoms. The molecule has 0 radical (unpaired) electrons. The molecule has 4 rings (SSSR count). The van der Waals surface area contributed by atoms with Crippen molar-refractivity contribution < 1.29 is 19.4 Å². The minimum Gasteiger partial charge on any atom is -0.493 e. The van der Waals surface area contributed by atoms with Crippen molar-refractivity contribution in [2.45, 2.75) is 38.6 Å². The van der Waals surface area contributed by atoms with Gasteiger partial charge < -0.3 is 25.0 Å². The molecule has 0 aliphatic carbocycles. The molecule has 2 N–H and O–H groups in total. The van der Waals surface area contributed by atoms with E-state index in [9.17, 15) is 14.7 Å². The maximum Gasteiger partial charge on any atom is 0.337 e. The van der Waals surface area contributed by atoms with Crippen LogP contribution in [0.4, 0.5) is 11.4 Å². The Balaban J connectivity index is 1.64. The van der Waals surface area contributed by atoms with Crippen molar-refractivity contribution in [1.29, 1.82) is 0 Å². The number of carbonyl (C=O) groups is 2. The van der Waals surface area contributed by atoms with Gasteiger partial charge in [0.25, 0.3) is 5.91 Å². The van der Waals surface area contributed by atoms with Crippen molar-refractivity contribution in [2.24, 2.45) is 0 Å². The molecular formula is C31H37N3O4. The fourth-order valence-electron chi connectivity index (χ4n) is 4.82. The number of carboxylic acids is 1. The molecule has 1 aliphatic heterocycles. The molecule has 1 saturated heterocycles. The first-order valence-corrected chi connectivity index (χ1v) is 13.3. The highest BCUT2D eigenvalue weighted by Crippen LogP contribution is 2.31. The number of hydrogen-bond donors (Lipinski definition) is 2. The maximum absolute atomic E-state index is 13.7. The van der Waals surface area contributed by atoms with Crippen molar-refractivity contribution in [1.82, 2.24) is 4.90 Å². The topological polar surface area (TPSA) is 82.1 Å². The quantitative estimate of drug-likeness (QED) is 0.322. The Morgan fingerprint density at radius 3 is 2.37 bits per heavy atom. The molecule has 1 aliphatic rings. The summed E-state index contributed by atoms with van der Waals surface area (Å²) >= 11 is 0. The number of ether oxygens (including phenoxy) is 1. The van der Waals surface area contributed by atoms with E-state index >= 15 is 0 Å². The normalized spacial score (nSPS) is 13.9. The third-order valence-corrected chi connectivity index (χ3v) is 7.13. The summed E-state index contributed by atoms with van der Waals surface area (Å²) in [5, 5.41) is 12.7. The van der Waals surface area contributed by atoms with Crippen molar-refractivity contribution in [2.75, 3.05) is 44.0 Å². The Morgan fingerprint density at radius 2 is 1.71 bits per heavy atom. The number of carbonyl (C=O) groups excluding carboxylic acids is 1. The zero-order chi connectivity index (χ0) is 27.1. The molecule has 200 valence electrons. The van der Waals surface area contributed by atoms with Gasteiger partial charge in [-0.25, -0.2) is 4.79 Å². The lowest BCUT2D eigenvalue weighted by molar-refractivity contribution is 0.0698. The van der Waals surface area contributed by atoms with Crippen molar-refractivity contribution in [3.8, 4) is 16.9 Å². The van der Waals surface area contributed by atoms with Crippen LogP contribution in [0, 0.1) is 0 Å². The zero-order valence-corrected chi connectivity index (χ0v) is 22.4. The monoisotopic (exact) mass is 515 g/mol. The minimum absolute atomic E-state index is 0.0356. The molecule has 0 bridgehead atoms. The van der Waals surface area contributed by atoms with Gasteiger partial charge in [0.15, 0.2) is 0 Å². The number of anilines is 2. The number of rotatable bonds is 10. The molecule has 3 aromatic carbocycles. The Labute approximate surface area is 225 Å². The van der Waals surface area contributed by atoms with Crippen LogP contribution in [0.2, 0.25) is 0 Å². The summed E-state index contributed by atoms with van der Waals surface area (Å²) in [4.78, 5) is 30.2. The van der Waals surface area contributed by atoms with Crippen LogP contribution in [0.15, 0.2) is 66.7 Å². The molecule has 38 heavy (non-hydrogen) atoms. The van der Waals surface area contributed by atoms with E-state index in [1.807, 2.05) is 48.5 Å². The molecule has 7 nitrogen and oxygen atoms in total. The SMILES string of the molecule is CCCCOc1ccc(N2CCC(N(C)C)CC2)cc1C(=O)Nc1cc(-c2ccccc2)ccc1C(=O)O. The lowest BCUT2D eigenvalue weighted by Gasteiger charge is -2.36. The average Bonchev–Trinajstić information content (AvgIpc) is 2.93. The van der Waals surface area contributed by atoms with Gasteiger partial charge in [0.2, 0.25) is 0 Å². The first-order valence-electron chi connectivity index (χ1n) is 13.3. The molecule has 3 aromatic rings. The molecule has 0 spiro atoms. The highest BCUT2D eigenvalue weighted by molar-refractivity contribution is 6.10. The summed E-state index contributed by atoms with van der Waals surface area (Å²) in [6, 6.07) is 21.0. The second-order valence-electron chi connectivity index (χ2n) is 9.95. The Hall–Kier alpha value is -3.84. The second-order valence-corrected chi connectivity index (χ2v) is 9.95. The lowest BCUT2D eigenvalue weighted by Crippen LogP contribution is -2.42. The first-order chi connectivity index (χ1) is 18.4. The number of nitrogens with zero attached hydrogens (tertiary/aromatic N) is 2. The van der Waals surface area contributed by atoms with Gasteiger partial charge >= 0.3 is 5.97 Å². The number of amides is 1. The standard InChI is InChI=1S/C31H37N3O4/c1-4-5-19-38-29-14-12-25(34-17-15-24(16-18-34)33(2)3)21-27(29)30(35)32-28-20-23(11-13-26(28)31(36)37)22-9-7-6-8-10-22/h6-14,20-21,24H,4-5,15-19H2,1-3H3,(H,32,35)(H,36,37). The Bertz CT molecular complexity index is 1250. The summed E-state index contributed by atoms with van der Waals surface area (Å²) in [7, 11) is 4.23. The van der Waals surface area contributed by atoms with Crippen LogP contribution in [0.3, 0.4) is 0 Å². The van der Waals surface area contributed by atoms with Gasteiger partial charge in [-0.15, -0.1) is 0 Å². The Morgan fingerprint density at radius 1 is 0.974 bits per heavy atom. The number of aromatic carboxylic acids is 1. The molecule has 0 unspecified atom stereocenters.